The van der Waals surface area contributed by atoms with Crippen LogP contribution in [-0.2, 0) is 4.79 Å². The van der Waals surface area contributed by atoms with E-state index in [9.17, 15) is 18.8 Å². The summed E-state index contributed by atoms with van der Waals surface area (Å²) in [7, 11) is 0. The van der Waals surface area contributed by atoms with Crippen LogP contribution in [0.5, 0.6) is 5.75 Å². The number of carbonyl (C=O) groups excluding carboxylic acids is 1. The molecule has 3 aromatic rings. The Balaban J connectivity index is 1.61. The SMILES string of the molecule is N#C/C(=C/c1ccc(OCC(=O)Nc2ccc(F)cc2)cc1)c1ccccc1F. The maximum Gasteiger partial charge on any atom is 0.262 e. The Hall–Kier alpha value is -3.98. The quantitative estimate of drug-likeness (QED) is 0.473. The van der Waals surface area contributed by atoms with Gasteiger partial charge in [-0.1, -0.05) is 30.3 Å². The third-order valence-electron chi connectivity index (χ3n) is 3.97. The summed E-state index contributed by atoms with van der Waals surface area (Å²) < 4.78 is 32.2. The molecule has 3 rings (SSSR count). The van der Waals surface area contributed by atoms with Gasteiger partial charge in [-0.15, -0.1) is 0 Å². The maximum atomic E-state index is 13.9. The van der Waals surface area contributed by atoms with Crippen LogP contribution in [0.25, 0.3) is 11.6 Å². The van der Waals surface area contributed by atoms with Gasteiger partial charge in [0.15, 0.2) is 6.61 Å². The molecule has 0 aliphatic heterocycles. The minimum atomic E-state index is -0.465. The Labute approximate surface area is 166 Å². The first-order chi connectivity index (χ1) is 14.0. The maximum absolute atomic E-state index is 13.9. The molecule has 3 aromatic carbocycles. The van der Waals surface area contributed by atoms with Gasteiger partial charge in [0, 0.05) is 11.3 Å². The zero-order valence-corrected chi connectivity index (χ0v) is 15.2. The van der Waals surface area contributed by atoms with Gasteiger partial charge in [0.05, 0.1) is 11.6 Å². The van der Waals surface area contributed by atoms with E-state index in [4.69, 9.17) is 4.74 Å². The summed E-state index contributed by atoms with van der Waals surface area (Å²) in [6.07, 6.45) is 1.57. The number of benzene rings is 3. The van der Waals surface area contributed by atoms with E-state index in [0.29, 0.717) is 17.0 Å². The van der Waals surface area contributed by atoms with Crippen LogP contribution in [0, 0.1) is 23.0 Å². The molecule has 144 valence electrons. The van der Waals surface area contributed by atoms with E-state index in [1.54, 1.807) is 48.5 Å². The predicted octanol–water partition coefficient (Wildman–Crippen LogP) is 5.05. The fourth-order valence-corrected chi connectivity index (χ4v) is 2.56. The number of nitriles is 1. The molecule has 0 aliphatic rings. The van der Waals surface area contributed by atoms with Crippen LogP contribution < -0.4 is 10.1 Å². The summed E-state index contributed by atoms with van der Waals surface area (Å²) in [5.41, 5.74) is 1.59. The first-order valence-corrected chi connectivity index (χ1v) is 8.70. The Morgan fingerprint density at radius 3 is 2.34 bits per heavy atom. The molecule has 4 nitrogen and oxygen atoms in total. The summed E-state index contributed by atoms with van der Waals surface area (Å²) in [4.78, 5) is 11.9. The van der Waals surface area contributed by atoms with Crippen LogP contribution in [0.4, 0.5) is 14.5 Å². The summed E-state index contributed by atoms with van der Waals surface area (Å²) in [6.45, 7) is -0.217. The number of amides is 1. The molecule has 0 aliphatic carbocycles. The second-order valence-corrected chi connectivity index (χ2v) is 6.06. The molecule has 0 saturated carbocycles. The molecule has 6 heteroatoms. The Kier molecular flexibility index (Phi) is 6.33. The highest BCUT2D eigenvalue weighted by molar-refractivity contribution is 5.92. The number of ether oxygens (including phenoxy) is 1. The Morgan fingerprint density at radius 2 is 1.69 bits per heavy atom. The fourth-order valence-electron chi connectivity index (χ4n) is 2.56. The van der Waals surface area contributed by atoms with Crippen molar-refractivity contribution in [2.75, 3.05) is 11.9 Å². The lowest BCUT2D eigenvalue weighted by Gasteiger charge is -2.08. The van der Waals surface area contributed by atoms with Crippen LogP contribution in [0.15, 0.2) is 72.8 Å². The van der Waals surface area contributed by atoms with Gasteiger partial charge in [-0.3, -0.25) is 4.79 Å². The van der Waals surface area contributed by atoms with E-state index in [2.05, 4.69) is 5.32 Å². The fraction of sp³-hybridized carbons (Fsp3) is 0.0435. The number of nitrogens with zero attached hydrogens (tertiary/aromatic N) is 1. The van der Waals surface area contributed by atoms with Crippen molar-refractivity contribution >= 4 is 23.2 Å². The lowest BCUT2D eigenvalue weighted by molar-refractivity contribution is -0.118. The topological polar surface area (TPSA) is 62.1 Å². The molecule has 0 bridgehead atoms. The standard InChI is InChI=1S/C23H16F2N2O2/c24-18-7-9-19(10-8-18)27-23(28)15-29-20-11-5-16(6-12-20)13-17(14-26)21-3-1-2-4-22(21)25/h1-13H,15H2,(H,27,28)/b17-13-. The monoisotopic (exact) mass is 390 g/mol. The molecule has 0 saturated heterocycles. The van der Waals surface area contributed by atoms with Gasteiger partial charge < -0.3 is 10.1 Å². The second kappa shape index (κ2) is 9.29. The van der Waals surface area contributed by atoms with Crippen molar-refractivity contribution in [1.29, 1.82) is 5.26 Å². The molecule has 0 spiro atoms. The van der Waals surface area contributed by atoms with Gasteiger partial charge >= 0.3 is 0 Å². The molecule has 0 fully saturated rings. The number of allylic oxidation sites excluding steroid dienone is 1. The Morgan fingerprint density at radius 1 is 1.00 bits per heavy atom. The van der Waals surface area contributed by atoms with Crippen LogP contribution in [0.2, 0.25) is 0 Å². The van der Waals surface area contributed by atoms with Crippen LogP contribution in [0.1, 0.15) is 11.1 Å². The zero-order chi connectivity index (χ0) is 20.6. The van der Waals surface area contributed by atoms with E-state index >= 15 is 0 Å². The molecular weight excluding hydrogens is 374 g/mol. The van der Waals surface area contributed by atoms with Crippen LogP contribution >= 0.6 is 0 Å². The third kappa shape index (κ3) is 5.50. The number of rotatable bonds is 6. The number of halogens is 2. The predicted molar refractivity (Wildman–Crippen MR) is 107 cm³/mol. The van der Waals surface area contributed by atoms with Gasteiger partial charge in [-0.2, -0.15) is 5.26 Å². The summed E-state index contributed by atoms with van der Waals surface area (Å²) in [5.74, 6) is -0.775. The smallest absolute Gasteiger partial charge is 0.262 e. The van der Waals surface area contributed by atoms with Gasteiger partial charge in [-0.05, 0) is 54.1 Å². The molecule has 0 atom stereocenters. The van der Waals surface area contributed by atoms with Crippen molar-refractivity contribution in [3.8, 4) is 11.8 Å². The van der Waals surface area contributed by atoms with Crippen molar-refractivity contribution in [1.82, 2.24) is 0 Å². The second-order valence-electron chi connectivity index (χ2n) is 6.06. The van der Waals surface area contributed by atoms with Gasteiger partial charge in [0.25, 0.3) is 5.91 Å². The van der Waals surface area contributed by atoms with Crippen molar-refractivity contribution in [2.45, 2.75) is 0 Å². The lowest BCUT2D eigenvalue weighted by atomic mass is 10.0. The number of hydrogen-bond donors (Lipinski definition) is 1. The molecule has 0 heterocycles. The largest absolute Gasteiger partial charge is 0.484 e. The minimum absolute atomic E-state index is 0.204. The molecule has 29 heavy (non-hydrogen) atoms. The van der Waals surface area contributed by atoms with Crippen molar-refractivity contribution in [3.05, 3.63) is 95.6 Å². The molecule has 0 aromatic heterocycles. The van der Waals surface area contributed by atoms with E-state index < -0.39 is 5.82 Å². The van der Waals surface area contributed by atoms with E-state index in [1.807, 2.05) is 6.07 Å². The molecule has 1 N–H and O–H groups in total. The van der Waals surface area contributed by atoms with E-state index in [0.717, 1.165) is 0 Å². The summed E-state index contributed by atoms with van der Waals surface area (Å²) >= 11 is 0. The van der Waals surface area contributed by atoms with Crippen molar-refractivity contribution < 1.29 is 18.3 Å². The van der Waals surface area contributed by atoms with Gasteiger partial charge in [0.1, 0.15) is 17.4 Å². The van der Waals surface area contributed by atoms with Crippen LogP contribution in [-0.4, -0.2) is 12.5 Å². The van der Waals surface area contributed by atoms with Gasteiger partial charge in [-0.25, -0.2) is 8.78 Å². The van der Waals surface area contributed by atoms with E-state index in [1.165, 1.54) is 30.3 Å². The first kappa shape index (κ1) is 19.8. The normalized spacial score (nSPS) is 10.9. The van der Waals surface area contributed by atoms with Crippen molar-refractivity contribution in [3.63, 3.8) is 0 Å². The number of anilines is 1. The lowest BCUT2D eigenvalue weighted by Crippen LogP contribution is -2.20. The van der Waals surface area contributed by atoms with Gasteiger partial charge in [0.2, 0.25) is 0 Å². The average molecular weight is 390 g/mol. The van der Waals surface area contributed by atoms with Crippen molar-refractivity contribution in [2.24, 2.45) is 0 Å². The van der Waals surface area contributed by atoms with E-state index in [-0.39, 0.29) is 29.5 Å². The summed E-state index contributed by atoms with van der Waals surface area (Å²) in [6, 6.07) is 20.2. The average Bonchev–Trinajstić information content (AvgIpc) is 2.74. The minimum Gasteiger partial charge on any atom is -0.484 e. The molecule has 1 amide bonds. The third-order valence-corrected chi connectivity index (χ3v) is 3.97. The number of nitrogens with one attached hydrogen (secondary N) is 1. The highest BCUT2D eigenvalue weighted by atomic mass is 19.1. The molecular formula is C23H16F2N2O2. The highest BCUT2D eigenvalue weighted by Crippen LogP contribution is 2.22. The molecule has 0 radical (unpaired) electrons. The first-order valence-electron chi connectivity index (χ1n) is 8.70. The summed E-state index contributed by atoms with van der Waals surface area (Å²) in [5, 5.41) is 11.9. The molecule has 0 unspecified atom stereocenters. The number of carbonyl (C=O) groups is 1. The number of hydrogen-bond acceptors (Lipinski definition) is 3. The zero-order valence-electron chi connectivity index (χ0n) is 15.2. The highest BCUT2D eigenvalue weighted by Gasteiger charge is 2.07. The van der Waals surface area contributed by atoms with Crippen LogP contribution in [0.3, 0.4) is 0 Å². The Bertz CT molecular complexity index is 1070.